The summed E-state index contributed by atoms with van der Waals surface area (Å²) in [7, 11) is -5.74. The van der Waals surface area contributed by atoms with E-state index in [4.69, 9.17) is 10.3 Å². The Hall–Kier alpha value is -2.70. The first-order valence-corrected chi connectivity index (χ1v) is 11.0. The number of nitrogens with one attached hydrogen (secondary N) is 1. The minimum atomic E-state index is -3.67. The molecule has 0 bridgehead atoms. The zero-order chi connectivity index (χ0) is 20.8. The first-order valence-electron chi connectivity index (χ1n) is 7.26. The summed E-state index contributed by atoms with van der Waals surface area (Å²) in [5, 5.41) is 2.37. The van der Waals surface area contributed by atoms with Gasteiger partial charge in [-0.05, 0) is 30.3 Å². The maximum atomic E-state index is 12.0. The predicted molar refractivity (Wildman–Crippen MR) is 101 cm³/mol. The Morgan fingerprint density at radius 1 is 1.15 bits per heavy atom. The van der Waals surface area contributed by atoms with Crippen LogP contribution in [0.3, 0.4) is 0 Å². The van der Waals surface area contributed by atoms with Crippen LogP contribution < -0.4 is 11.1 Å². The van der Waals surface area contributed by atoms with Crippen molar-refractivity contribution in [2.45, 2.75) is 4.90 Å². The lowest BCUT2D eigenvalue weighted by Gasteiger charge is -2.11. The normalized spacial score (nSPS) is 12.1. The molecular formula is C15H20N4O6S2. The predicted octanol–water partition coefficient (Wildman–Crippen LogP) is 0.0591. The number of aliphatic imine (C=N–C) groups is 1. The standard InChI is InChI=1S/C14H16N4O3S.CH4O3S/c1-16-14(15)17-13(19)10-5-6-11(18-7-3-4-8-18)12(9-10)22(2,20)21;1-5(2,3)4/h3-9H,1-2H3,(H3,15,16,17,19);1H3,(H,2,3,4). The Morgan fingerprint density at radius 3 is 2.11 bits per heavy atom. The fourth-order valence-corrected chi connectivity index (χ4v) is 2.80. The topological polar surface area (TPSA) is 161 Å². The van der Waals surface area contributed by atoms with Gasteiger partial charge in [0.1, 0.15) is 0 Å². The van der Waals surface area contributed by atoms with Crippen LogP contribution in [-0.4, -0.2) is 57.4 Å². The molecule has 148 valence electrons. The molecule has 1 amide bonds. The van der Waals surface area contributed by atoms with E-state index in [9.17, 15) is 21.6 Å². The molecule has 0 aliphatic carbocycles. The maximum absolute atomic E-state index is 12.0. The maximum Gasteiger partial charge on any atom is 0.261 e. The van der Waals surface area contributed by atoms with E-state index in [1.54, 1.807) is 35.2 Å². The van der Waals surface area contributed by atoms with Gasteiger partial charge in [-0.15, -0.1) is 0 Å². The monoisotopic (exact) mass is 416 g/mol. The van der Waals surface area contributed by atoms with Crippen molar-refractivity contribution in [3.05, 3.63) is 48.3 Å². The number of nitrogens with zero attached hydrogens (tertiary/aromatic N) is 2. The number of rotatable bonds is 3. The van der Waals surface area contributed by atoms with Crippen LogP contribution >= 0.6 is 0 Å². The van der Waals surface area contributed by atoms with Crippen LogP contribution in [0, 0.1) is 0 Å². The van der Waals surface area contributed by atoms with Gasteiger partial charge in [0.2, 0.25) is 0 Å². The van der Waals surface area contributed by atoms with Crippen molar-refractivity contribution in [3.63, 3.8) is 0 Å². The quantitative estimate of drug-likeness (QED) is 0.362. The number of nitrogens with two attached hydrogens (primary N) is 1. The summed E-state index contributed by atoms with van der Waals surface area (Å²) in [6.45, 7) is 0. The van der Waals surface area contributed by atoms with E-state index in [2.05, 4.69) is 10.3 Å². The largest absolute Gasteiger partial charge is 0.370 e. The zero-order valence-electron chi connectivity index (χ0n) is 14.8. The Morgan fingerprint density at radius 2 is 1.67 bits per heavy atom. The molecule has 1 aromatic heterocycles. The highest BCUT2D eigenvalue weighted by Crippen LogP contribution is 2.22. The highest BCUT2D eigenvalue weighted by atomic mass is 32.2. The van der Waals surface area contributed by atoms with E-state index in [-0.39, 0.29) is 16.4 Å². The zero-order valence-corrected chi connectivity index (χ0v) is 16.5. The number of aromatic nitrogens is 1. The second-order valence-corrected chi connectivity index (χ2v) is 8.79. The van der Waals surface area contributed by atoms with Gasteiger partial charge in [0, 0.05) is 31.3 Å². The van der Waals surface area contributed by atoms with Crippen molar-refractivity contribution >= 4 is 31.8 Å². The number of benzene rings is 1. The highest BCUT2D eigenvalue weighted by molar-refractivity contribution is 7.90. The van der Waals surface area contributed by atoms with Crippen molar-refractivity contribution in [1.29, 1.82) is 0 Å². The van der Waals surface area contributed by atoms with Gasteiger partial charge in [0.15, 0.2) is 15.8 Å². The molecule has 0 fully saturated rings. The average Bonchev–Trinajstić information content (AvgIpc) is 3.06. The first-order chi connectivity index (χ1) is 12.3. The average molecular weight is 416 g/mol. The Labute approximate surface area is 157 Å². The first kappa shape index (κ1) is 22.3. The molecule has 1 aromatic carbocycles. The number of carbonyl (C=O) groups is 1. The fraction of sp³-hybridized carbons (Fsp3) is 0.200. The van der Waals surface area contributed by atoms with Gasteiger partial charge >= 0.3 is 0 Å². The molecule has 0 aliphatic heterocycles. The van der Waals surface area contributed by atoms with Gasteiger partial charge < -0.3 is 10.3 Å². The van der Waals surface area contributed by atoms with Crippen LogP contribution in [0.25, 0.3) is 5.69 Å². The lowest BCUT2D eigenvalue weighted by Crippen LogP contribution is -2.36. The van der Waals surface area contributed by atoms with Crippen molar-refractivity contribution in [3.8, 4) is 5.69 Å². The molecular weight excluding hydrogens is 396 g/mol. The van der Waals surface area contributed by atoms with Crippen LogP contribution in [0.2, 0.25) is 0 Å². The van der Waals surface area contributed by atoms with Crippen molar-refractivity contribution in [1.82, 2.24) is 9.88 Å². The van der Waals surface area contributed by atoms with Crippen LogP contribution in [-0.2, 0) is 20.0 Å². The molecule has 0 radical (unpaired) electrons. The molecule has 0 unspecified atom stereocenters. The minimum absolute atomic E-state index is 0.0413. The molecule has 2 aromatic rings. The molecule has 0 saturated heterocycles. The van der Waals surface area contributed by atoms with E-state index < -0.39 is 25.9 Å². The molecule has 0 spiro atoms. The van der Waals surface area contributed by atoms with E-state index in [1.165, 1.54) is 19.2 Å². The van der Waals surface area contributed by atoms with Gasteiger partial charge in [-0.2, -0.15) is 8.42 Å². The SMILES string of the molecule is CN=C(N)NC(=O)c1ccc(-n2cccc2)c(S(C)(=O)=O)c1.CS(=O)(=O)O. The van der Waals surface area contributed by atoms with E-state index in [1.807, 2.05) is 0 Å². The van der Waals surface area contributed by atoms with Crippen molar-refractivity contribution in [2.24, 2.45) is 10.7 Å². The summed E-state index contributed by atoms with van der Waals surface area (Å²) in [6.07, 6.45) is 5.27. The van der Waals surface area contributed by atoms with Gasteiger partial charge in [0.05, 0.1) is 16.8 Å². The molecule has 4 N–H and O–H groups in total. The number of amides is 1. The van der Waals surface area contributed by atoms with Gasteiger partial charge in [0.25, 0.3) is 16.0 Å². The van der Waals surface area contributed by atoms with E-state index in [0.29, 0.717) is 11.9 Å². The second kappa shape index (κ2) is 8.79. The Bertz CT molecular complexity index is 1030. The number of carbonyl (C=O) groups excluding carboxylic acids is 1. The molecule has 12 heteroatoms. The molecule has 27 heavy (non-hydrogen) atoms. The number of hydrogen-bond acceptors (Lipinski definition) is 6. The Kier molecular flexibility index (Phi) is 7.28. The summed E-state index contributed by atoms with van der Waals surface area (Å²) in [5.41, 5.74) is 6.09. The summed E-state index contributed by atoms with van der Waals surface area (Å²) < 4.78 is 51.6. The summed E-state index contributed by atoms with van der Waals surface area (Å²) >= 11 is 0. The third-order valence-electron chi connectivity index (χ3n) is 2.99. The number of sulfone groups is 1. The molecule has 0 atom stereocenters. The van der Waals surface area contributed by atoms with Gasteiger partial charge in [-0.3, -0.25) is 19.7 Å². The molecule has 0 aliphatic rings. The van der Waals surface area contributed by atoms with E-state index >= 15 is 0 Å². The lowest BCUT2D eigenvalue weighted by atomic mass is 10.2. The molecule has 10 nitrogen and oxygen atoms in total. The molecule has 2 rings (SSSR count). The van der Waals surface area contributed by atoms with E-state index in [0.717, 1.165) is 6.26 Å². The highest BCUT2D eigenvalue weighted by Gasteiger charge is 2.18. The molecule has 1 heterocycles. The third kappa shape index (κ3) is 7.60. The van der Waals surface area contributed by atoms with Crippen LogP contribution in [0.4, 0.5) is 0 Å². The van der Waals surface area contributed by atoms with Gasteiger partial charge in [-0.25, -0.2) is 8.42 Å². The van der Waals surface area contributed by atoms with Crippen LogP contribution in [0.5, 0.6) is 0 Å². The summed E-state index contributed by atoms with van der Waals surface area (Å²) in [6, 6.07) is 7.99. The molecule has 0 saturated carbocycles. The van der Waals surface area contributed by atoms with Crippen molar-refractivity contribution in [2.75, 3.05) is 19.6 Å². The lowest BCUT2D eigenvalue weighted by molar-refractivity contribution is 0.0976. The Balaban J connectivity index is 0.000000646. The number of hydrogen-bond donors (Lipinski definition) is 3. The van der Waals surface area contributed by atoms with Crippen LogP contribution in [0.1, 0.15) is 10.4 Å². The van der Waals surface area contributed by atoms with Crippen molar-refractivity contribution < 1.29 is 26.2 Å². The second-order valence-electron chi connectivity index (χ2n) is 5.34. The fourth-order valence-electron chi connectivity index (χ4n) is 1.91. The summed E-state index contributed by atoms with van der Waals surface area (Å²) in [4.78, 5) is 15.7. The smallest absolute Gasteiger partial charge is 0.261 e. The van der Waals surface area contributed by atoms with Crippen LogP contribution in [0.15, 0.2) is 52.6 Å². The summed E-state index contributed by atoms with van der Waals surface area (Å²) in [5.74, 6) is -0.563. The van der Waals surface area contributed by atoms with Gasteiger partial charge in [-0.1, -0.05) is 0 Å². The number of guanidine groups is 1. The minimum Gasteiger partial charge on any atom is -0.370 e. The third-order valence-corrected chi connectivity index (χ3v) is 4.11.